The van der Waals surface area contributed by atoms with Crippen LogP contribution in [0.1, 0.15) is 32.6 Å². The minimum Gasteiger partial charge on any atom is -0.314 e. The Bertz CT molecular complexity index is 362. The summed E-state index contributed by atoms with van der Waals surface area (Å²) in [5.41, 5.74) is 0.256. The first-order chi connectivity index (χ1) is 8.35. The third-order valence-corrected chi connectivity index (χ3v) is 4.63. The number of hydrogen-bond donors (Lipinski definition) is 1. The average molecular weight is 289 g/mol. The van der Waals surface area contributed by atoms with Crippen LogP contribution in [-0.2, 0) is 6.54 Å². The molecule has 0 radical (unpaired) electrons. The van der Waals surface area contributed by atoms with Crippen LogP contribution in [0, 0.1) is 5.41 Å². The standard InChI is InChI=1S/C14H25ClN2S/c1-6-16-11(2)14(3,4)10-17(5)9-12-7-8-13(15)18-12/h7-8,11,16H,6,9-10H2,1-5H3. The predicted octanol–water partition coefficient (Wildman–Crippen LogP) is 3.86. The Balaban J connectivity index is 2.50. The van der Waals surface area contributed by atoms with E-state index >= 15 is 0 Å². The van der Waals surface area contributed by atoms with Crippen LogP contribution in [0.2, 0.25) is 4.34 Å². The molecule has 0 fully saturated rings. The first kappa shape index (κ1) is 16.0. The van der Waals surface area contributed by atoms with Gasteiger partial charge in [0.1, 0.15) is 0 Å². The predicted molar refractivity (Wildman–Crippen MR) is 82.6 cm³/mol. The molecule has 0 aromatic carbocycles. The van der Waals surface area contributed by atoms with Gasteiger partial charge in [-0.1, -0.05) is 32.4 Å². The highest BCUT2D eigenvalue weighted by Crippen LogP contribution is 2.25. The van der Waals surface area contributed by atoms with Crippen LogP contribution in [0.3, 0.4) is 0 Å². The van der Waals surface area contributed by atoms with Gasteiger partial charge in [-0.25, -0.2) is 0 Å². The molecule has 0 saturated heterocycles. The Morgan fingerprint density at radius 3 is 2.61 bits per heavy atom. The van der Waals surface area contributed by atoms with Crippen molar-refractivity contribution in [1.82, 2.24) is 10.2 Å². The van der Waals surface area contributed by atoms with Crippen molar-refractivity contribution >= 4 is 22.9 Å². The number of halogens is 1. The summed E-state index contributed by atoms with van der Waals surface area (Å²) in [6.45, 7) is 12.1. The van der Waals surface area contributed by atoms with Gasteiger partial charge in [-0.2, -0.15) is 0 Å². The minimum absolute atomic E-state index is 0.256. The maximum absolute atomic E-state index is 5.96. The highest BCUT2D eigenvalue weighted by atomic mass is 35.5. The van der Waals surface area contributed by atoms with Crippen molar-refractivity contribution in [3.05, 3.63) is 21.3 Å². The molecule has 0 bridgehead atoms. The maximum atomic E-state index is 5.96. The van der Waals surface area contributed by atoms with Crippen LogP contribution in [0.5, 0.6) is 0 Å². The SMILES string of the molecule is CCNC(C)C(C)(C)CN(C)Cc1ccc(Cl)s1. The van der Waals surface area contributed by atoms with Gasteiger partial charge in [0.15, 0.2) is 0 Å². The summed E-state index contributed by atoms with van der Waals surface area (Å²) < 4.78 is 0.874. The van der Waals surface area contributed by atoms with E-state index in [0.717, 1.165) is 24.0 Å². The molecule has 1 rings (SSSR count). The van der Waals surface area contributed by atoms with Gasteiger partial charge in [0.25, 0.3) is 0 Å². The zero-order valence-electron chi connectivity index (χ0n) is 12.1. The third-order valence-electron chi connectivity index (χ3n) is 3.41. The number of thiophene rings is 1. The molecule has 1 atom stereocenters. The normalized spacial score (nSPS) is 14.2. The van der Waals surface area contributed by atoms with Gasteiger partial charge < -0.3 is 10.2 Å². The van der Waals surface area contributed by atoms with Gasteiger partial charge in [0.2, 0.25) is 0 Å². The second kappa shape index (κ2) is 6.90. The molecule has 0 aliphatic rings. The van der Waals surface area contributed by atoms with Gasteiger partial charge in [-0.15, -0.1) is 11.3 Å². The quantitative estimate of drug-likeness (QED) is 0.820. The molecule has 0 aliphatic heterocycles. The third kappa shape index (κ3) is 4.88. The molecule has 1 unspecified atom stereocenters. The summed E-state index contributed by atoms with van der Waals surface area (Å²) in [4.78, 5) is 3.70. The first-order valence-electron chi connectivity index (χ1n) is 6.51. The van der Waals surface area contributed by atoms with Crippen molar-refractivity contribution in [1.29, 1.82) is 0 Å². The molecule has 1 heterocycles. The van der Waals surface area contributed by atoms with Crippen molar-refractivity contribution in [2.75, 3.05) is 20.1 Å². The van der Waals surface area contributed by atoms with Crippen LogP contribution in [0.4, 0.5) is 0 Å². The molecule has 1 N–H and O–H groups in total. The fraction of sp³-hybridized carbons (Fsp3) is 0.714. The maximum Gasteiger partial charge on any atom is 0.0931 e. The molecule has 0 saturated carbocycles. The van der Waals surface area contributed by atoms with E-state index < -0.39 is 0 Å². The van der Waals surface area contributed by atoms with Gasteiger partial charge >= 0.3 is 0 Å². The second-order valence-corrected chi connectivity index (χ2v) is 7.45. The largest absolute Gasteiger partial charge is 0.314 e. The smallest absolute Gasteiger partial charge is 0.0931 e. The Labute approximate surface area is 120 Å². The Morgan fingerprint density at radius 2 is 2.11 bits per heavy atom. The van der Waals surface area contributed by atoms with Crippen LogP contribution in [0.25, 0.3) is 0 Å². The van der Waals surface area contributed by atoms with E-state index in [0.29, 0.717) is 6.04 Å². The monoisotopic (exact) mass is 288 g/mol. The van der Waals surface area contributed by atoms with Gasteiger partial charge in [0, 0.05) is 24.0 Å². The fourth-order valence-electron chi connectivity index (χ4n) is 2.17. The molecule has 0 aliphatic carbocycles. The zero-order chi connectivity index (χ0) is 13.8. The number of hydrogen-bond acceptors (Lipinski definition) is 3. The van der Waals surface area contributed by atoms with E-state index in [4.69, 9.17) is 11.6 Å². The second-order valence-electron chi connectivity index (χ2n) is 5.65. The lowest BCUT2D eigenvalue weighted by Gasteiger charge is -2.36. The van der Waals surface area contributed by atoms with Crippen molar-refractivity contribution in [3.63, 3.8) is 0 Å². The van der Waals surface area contributed by atoms with Gasteiger partial charge in [0.05, 0.1) is 4.34 Å². The topological polar surface area (TPSA) is 15.3 Å². The van der Waals surface area contributed by atoms with Crippen molar-refractivity contribution in [2.45, 2.75) is 40.3 Å². The molecule has 0 amide bonds. The van der Waals surface area contributed by atoms with Gasteiger partial charge in [-0.05, 0) is 38.1 Å². The lowest BCUT2D eigenvalue weighted by molar-refractivity contribution is 0.162. The van der Waals surface area contributed by atoms with Crippen LogP contribution in [-0.4, -0.2) is 31.1 Å². The van der Waals surface area contributed by atoms with E-state index in [1.54, 1.807) is 11.3 Å². The molecule has 1 aromatic heterocycles. The van der Waals surface area contributed by atoms with Crippen LogP contribution in [0.15, 0.2) is 12.1 Å². The van der Waals surface area contributed by atoms with E-state index in [1.807, 2.05) is 6.07 Å². The summed E-state index contributed by atoms with van der Waals surface area (Å²) in [6.07, 6.45) is 0. The minimum atomic E-state index is 0.256. The molecule has 18 heavy (non-hydrogen) atoms. The molecule has 2 nitrogen and oxygen atoms in total. The van der Waals surface area contributed by atoms with Crippen LogP contribution < -0.4 is 5.32 Å². The van der Waals surface area contributed by atoms with Crippen molar-refractivity contribution < 1.29 is 0 Å². The van der Waals surface area contributed by atoms with E-state index in [1.165, 1.54) is 4.88 Å². The summed E-state index contributed by atoms with van der Waals surface area (Å²) in [5, 5.41) is 3.51. The average Bonchev–Trinajstić information content (AvgIpc) is 2.63. The van der Waals surface area contributed by atoms with Crippen molar-refractivity contribution in [3.8, 4) is 0 Å². The molecule has 0 spiro atoms. The summed E-state index contributed by atoms with van der Waals surface area (Å²) in [5.74, 6) is 0. The summed E-state index contributed by atoms with van der Waals surface area (Å²) in [6, 6.07) is 4.60. The number of rotatable bonds is 7. The Hall–Kier alpha value is -0.0900. The van der Waals surface area contributed by atoms with Gasteiger partial charge in [-0.3, -0.25) is 0 Å². The molecular weight excluding hydrogens is 264 g/mol. The summed E-state index contributed by atoms with van der Waals surface area (Å²) >= 11 is 7.63. The molecule has 4 heteroatoms. The lowest BCUT2D eigenvalue weighted by atomic mass is 9.85. The molecular formula is C14H25ClN2S. The summed E-state index contributed by atoms with van der Waals surface area (Å²) in [7, 11) is 2.17. The first-order valence-corrected chi connectivity index (χ1v) is 7.70. The highest BCUT2D eigenvalue weighted by molar-refractivity contribution is 7.16. The Kier molecular flexibility index (Phi) is 6.12. The number of nitrogens with zero attached hydrogens (tertiary/aromatic N) is 1. The molecule has 104 valence electrons. The number of nitrogens with one attached hydrogen (secondary N) is 1. The highest BCUT2D eigenvalue weighted by Gasteiger charge is 2.26. The zero-order valence-corrected chi connectivity index (χ0v) is 13.7. The van der Waals surface area contributed by atoms with Crippen LogP contribution >= 0.6 is 22.9 Å². The van der Waals surface area contributed by atoms with E-state index in [-0.39, 0.29) is 5.41 Å². The fourth-order valence-corrected chi connectivity index (χ4v) is 3.34. The molecule has 1 aromatic rings. The van der Waals surface area contributed by atoms with E-state index in [2.05, 4.69) is 51.0 Å². The Morgan fingerprint density at radius 1 is 1.44 bits per heavy atom. The van der Waals surface area contributed by atoms with E-state index in [9.17, 15) is 0 Å². The lowest BCUT2D eigenvalue weighted by Crippen LogP contribution is -2.45. The van der Waals surface area contributed by atoms with Crippen molar-refractivity contribution in [2.24, 2.45) is 5.41 Å².